The lowest BCUT2D eigenvalue weighted by Crippen LogP contribution is -2.34. The van der Waals surface area contributed by atoms with Crippen LogP contribution in [-0.4, -0.2) is 30.2 Å². The Morgan fingerprint density at radius 2 is 1.66 bits per heavy atom. The molecule has 0 aliphatic carbocycles. The summed E-state index contributed by atoms with van der Waals surface area (Å²) in [6.07, 6.45) is -8.12. The summed E-state index contributed by atoms with van der Waals surface area (Å²) in [4.78, 5) is 15.5. The van der Waals surface area contributed by atoms with Gasteiger partial charge in [-0.25, -0.2) is 9.78 Å². The number of carbonyl (C=O) groups excluding carboxylic acids is 1. The van der Waals surface area contributed by atoms with Crippen molar-refractivity contribution in [1.82, 2.24) is 15.6 Å². The van der Waals surface area contributed by atoms with Crippen LogP contribution in [0.25, 0.3) is 0 Å². The molecule has 0 saturated heterocycles. The number of carbonyl (C=O) groups is 1. The van der Waals surface area contributed by atoms with Crippen LogP contribution in [-0.2, 0) is 13.1 Å². The standard InChI is InChI=1S/C17H15F6N3O3/c18-16(19,20)10-28-14-6-5-11(7-24-14)8-25-15(27)26-9-12-3-1-2-4-13(12)29-17(21,22)23/h1-7H,8-10H2,(H2,25,26,27). The zero-order valence-electron chi connectivity index (χ0n) is 14.6. The van der Waals surface area contributed by atoms with Crippen LogP contribution >= 0.6 is 0 Å². The maximum Gasteiger partial charge on any atom is 0.573 e. The highest BCUT2D eigenvalue weighted by atomic mass is 19.4. The molecule has 1 aromatic heterocycles. The third-order valence-corrected chi connectivity index (χ3v) is 3.27. The zero-order chi connectivity index (χ0) is 21.5. The Hall–Kier alpha value is -3.18. The van der Waals surface area contributed by atoms with E-state index in [1.807, 2.05) is 0 Å². The van der Waals surface area contributed by atoms with Crippen molar-refractivity contribution in [2.75, 3.05) is 6.61 Å². The molecule has 0 unspecified atom stereocenters. The van der Waals surface area contributed by atoms with Crippen LogP contribution in [0.5, 0.6) is 11.6 Å². The molecule has 29 heavy (non-hydrogen) atoms. The van der Waals surface area contributed by atoms with E-state index in [9.17, 15) is 31.1 Å². The lowest BCUT2D eigenvalue weighted by molar-refractivity contribution is -0.274. The highest BCUT2D eigenvalue weighted by Gasteiger charge is 2.32. The van der Waals surface area contributed by atoms with E-state index in [1.165, 1.54) is 36.5 Å². The summed E-state index contributed by atoms with van der Waals surface area (Å²) < 4.78 is 81.6. The molecule has 0 atom stereocenters. The van der Waals surface area contributed by atoms with E-state index in [0.717, 1.165) is 6.07 Å². The molecular formula is C17H15F6N3O3. The number of para-hydroxylation sites is 1. The highest BCUT2D eigenvalue weighted by Crippen LogP contribution is 2.26. The fraction of sp³-hybridized carbons (Fsp3) is 0.294. The molecule has 2 amide bonds. The van der Waals surface area contributed by atoms with Crippen molar-refractivity contribution in [2.45, 2.75) is 25.6 Å². The molecule has 0 aliphatic rings. The Bertz CT molecular complexity index is 809. The molecule has 2 aromatic rings. The van der Waals surface area contributed by atoms with Gasteiger partial charge in [0.15, 0.2) is 6.61 Å². The number of rotatable bonds is 7. The second-order valence-electron chi connectivity index (χ2n) is 5.60. The number of aromatic nitrogens is 1. The molecule has 0 spiro atoms. The van der Waals surface area contributed by atoms with E-state index >= 15 is 0 Å². The molecule has 158 valence electrons. The quantitative estimate of drug-likeness (QED) is 0.663. The van der Waals surface area contributed by atoms with Gasteiger partial charge in [-0.05, 0) is 11.6 Å². The largest absolute Gasteiger partial charge is 0.573 e. The first kappa shape index (κ1) is 22.1. The van der Waals surface area contributed by atoms with Crippen molar-refractivity contribution >= 4 is 6.03 Å². The Morgan fingerprint density at radius 3 is 2.28 bits per heavy atom. The molecule has 6 nitrogen and oxygen atoms in total. The van der Waals surface area contributed by atoms with Gasteiger partial charge in [-0.3, -0.25) is 0 Å². The normalized spacial score (nSPS) is 11.7. The lowest BCUT2D eigenvalue weighted by atomic mass is 10.2. The van der Waals surface area contributed by atoms with Crippen molar-refractivity contribution in [1.29, 1.82) is 0 Å². The fourth-order valence-corrected chi connectivity index (χ4v) is 2.05. The molecule has 12 heteroatoms. The maximum atomic E-state index is 12.4. The molecule has 0 saturated carbocycles. The number of alkyl halides is 6. The highest BCUT2D eigenvalue weighted by molar-refractivity contribution is 5.73. The van der Waals surface area contributed by atoms with Crippen LogP contribution < -0.4 is 20.1 Å². The SMILES string of the molecule is O=C(NCc1ccc(OCC(F)(F)F)nc1)NCc1ccccc1OC(F)(F)F. The molecule has 1 heterocycles. The van der Waals surface area contributed by atoms with Crippen LogP contribution in [0.2, 0.25) is 0 Å². The summed E-state index contributed by atoms with van der Waals surface area (Å²) >= 11 is 0. The molecular weight excluding hydrogens is 408 g/mol. The minimum Gasteiger partial charge on any atom is -0.468 e. The Kier molecular flexibility index (Phi) is 7.13. The summed E-state index contributed by atoms with van der Waals surface area (Å²) in [7, 11) is 0. The minimum atomic E-state index is -4.86. The smallest absolute Gasteiger partial charge is 0.468 e. The second-order valence-corrected chi connectivity index (χ2v) is 5.60. The average Bonchev–Trinajstić information content (AvgIpc) is 2.63. The molecule has 2 rings (SSSR count). The van der Waals surface area contributed by atoms with Gasteiger partial charge in [-0.15, -0.1) is 13.2 Å². The summed E-state index contributed by atoms with van der Waals surface area (Å²) in [5.41, 5.74) is 0.591. The van der Waals surface area contributed by atoms with Crippen molar-refractivity contribution in [3.63, 3.8) is 0 Å². The third kappa shape index (κ3) is 8.58. The van der Waals surface area contributed by atoms with Crippen LogP contribution in [0.4, 0.5) is 31.1 Å². The van der Waals surface area contributed by atoms with Crippen molar-refractivity contribution in [2.24, 2.45) is 0 Å². The van der Waals surface area contributed by atoms with Gasteiger partial charge < -0.3 is 20.1 Å². The number of hydrogen-bond acceptors (Lipinski definition) is 4. The topological polar surface area (TPSA) is 72.5 Å². The monoisotopic (exact) mass is 423 g/mol. The van der Waals surface area contributed by atoms with E-state index < -0.39 is 30.9 Å². The molecule has 0 bridgehead atoms. The molecule has 1 aromatic carbocycles. The van der Waals surface area contributed by atoms with Crippen molar-refractivity contribution < 1.29 is 40.6 Å². The van der Waals surface area contributed by atoms with Gasteiger partial charge in [0.25, 0.3) is 0 Å². The van der Waals surface area contributed by atoms with Gasteiger partial charge in [0.1, 0.15) is 5.75 Å². The number of amides is 2. The number of urea groups is 1. The number of halogens is 6. The first-order valence-corrected chi connectivity index (χ1v) is 8.02. The van der Waals surface area contributed by atoms with Crippen LogP contribution in [0, 0.1) is 0 Å². The van der Waals surface area contributed by atoms with Gasteiger partial charge in [-0.2, -0.15) is 13.2 Å². The van der Waals surface area contributed by atoms with Crippen molar-refractivity contribution in [3.8, 4) is 11.6 Å². The Morgan fingerprint density at radius 1 is 0.966 bits per heavy atom. The third-order valence-electron chi connectivity index (χ3n) is 3.27. The van der Waals surface area contributed by atoms with Gasteiger partial charge in [0.05, 0.1) is 0 Å². The predicted molar refractivity (Wildman–Crippen MR) is 88.0 cm³/mol. The van der Waals surface area contributed by atoms with E-state index in [0.29, 0.717) is 5.56 Å². The van der Waals surface area contributed by atoms with E-state index in [-0.39, 0.29) is 24.5 Å². The summed E-state index contributed by atoms with van der Waals surface area (Å²) in [5.74, 6) is -0.657. The number of nitrogens with zero attached hydrogens (tertiary/aromatic N) is 1. The zero-order valence-corrected chi connectivity index (χ0v) is 14.6. The minimum absolute atomic E-state index is 0.0148. The molecule has 0 aliphatic heterocycles. The lowest BCUT2D eigenvalue weighted by Gasteiger charge is -2.14. The maximum absolute atomic E-state index is 12.4. The van der Waals surface area contributed by atoms with E-state index in [1.54, 1.807) is 0 Å². The number of hydrogen-bond donors (Lipinski definition) is 2. The number of nitrogens with one attached hydrogen (secondary N) is 2. The fourth-order valence-electron chi connectivity index (χ4n) is 2.05. The van der Waals surface area contributed by atoms with Crippen LogP contribution in [0.15, 0.2) is 42.6 Å². The summed E-state index contributed by atoms with van der Waals surface area (Å²) in [6.45, 7) is -1.71. The average molecular weight is 423 g/mol. The second kappa shape index (κ2) is 9.34. The van der Waals surface area contributed by atoms with Gasteiger partial charge >= 0.3 is 18.6 Å². The van der Waals surface area contributed by atoms with Crippen molar-refractivity contribution in [3.05, 3.63) is 53.7 Å². The van der Waals surface area contributed by atoms with Gasteiger partial charge in [0, 0.05) is 30.9 Å². The molecule has 2 N–H and O–H groups in total. The Labute approximate surface area is 160 Å². The van der Waals surface area contributed by atoms with E-state index in [4.69, 9.17) is 0 Å². The summed E-state index contributed by atoms with van der Waals surface area (Å²) in [6, 6.07) is 7.29. The van der Waals surface area contributed by atoms with E-state index in [2.05, 4.69) is 25.1 Å². The van der Waals surface area contributed by atoms with Crippen LogP contribution in [0.1, 0.15) is 11.1 Å². The number of pyridine rings is 1. The molecule has 0 fully saturated rings. The van der Waals surface area contributed by atoms with Gasteiger partial charge in [0.2, 0.25) is 5.88 Å². The predicted octanol–water partition coefficient (Wildman–Crippen LogP) is 3.92. The summed E-state index contributed by atoms with van der Waals surface area (Å²) in [5, 5.41) is 4.81. The molecule has 0 radical (unpaired) electrons. The first-order valence-electron chi connectivity index (χ1n) is 8.02. The first-order chi connectivity index (χ1) is 13.5. The Balaban J connectivity index is 1.81. The van der Waals surface area contributed by atoms with Crippen LogP contribution in [0.3, 0.4) is 0 Å². The number of ether oxygens (including phenoxy) is 2. The van der Waals surface area contributed by atoms with Gasteiger partial charge in [-0.1, -0.05) is 24.3 Å². The number of benzene rings is 1.